The fourth-order valence-electron chi connectivity index (χ4n) is 1.34. The van der Waals surface area contributed by atoms with E-state index in [1.807, 2.05) is 0 Å². The molecular weight excluding hydrogens is 221 g/mol. The van der Waals surface area contributed by atoms with Crippen molar-refractivity contribution in [2.24, 2.45) is 0 Å². The molecule has 86 valence electrons. The lowest BCUT2D eigenvalue weighted by Crippen LogP contribution is -2.08. The Morgan fingerprint density at radius 3 is 2.38 bits per heavy atom. The number of benzene rings is 1. The first-order valence-electron chi connectivity index (χ1n) is 4.40. The van der Waals surface area contributed by atoms with Crippen LogP contribution in [0.25, 0.3) is 5.57 Å². The number of aliphatic carboxylic acids is 1. The van der Waals surface area contributed by atoms with Crippen molar-refractivity contribution in [2.75, 3.05) is 0 Å². The van der Waals surface area contributed by atoms with Gasteiger partial charge < -0.3 is 5.11 Å². The van der Waals surface area contributed by atoms with Gasteiger partial charge in [0.25, 0.3) is 0 Å². The quantitative estimate of drug-likeness (QED) is 0.792. The van der Waals surface area contributed by atoms with E-state index in [1.54, 1.807) is 0 Å². The van der Waals surface area contributed by atoms with Crippen LogP contribution in [0.2, 0.25) is 0 Å². The molecule has 0 aliphatic rings. The van der Waals surface area contributed by atoms with Crippen molar-refractivity contribution < 1.29 is 23.1 Å². The molecule has 0 aliphatic carbocycles. The maximum Gasteiger partial charge on any atom is 0.416 e. The van der Waals surface area contributed by atoms with Gasteiger partial charge in [0.1, 0.15) is 0 Å². The van der Waals surface area contributed by atoms with Crippen LogP contribution >= 0.6 is 0 Å². The van der Waals surface area contributed by atoms with Gasteiger partial charge in [0, 0.05) is 6.08 Å². The molecule has 5 heteroatoms. The van der Waals surface area contributed by atoms with Crippen LogP contribution in [0, 0.1) is 0 Å². The Balaban J connectivity index is 3.29. The third-order valence-electron chi connectivity index (χ3n) is 2.00. The second-order valence-electron chi connectivity index (χ2n) is 3.21. The molecule has 0 aromatic heterocycles. The number of alkyl halides is 3. The van der Waals surface area contributed by atoms with E-state index in [9.17, 15) is 18.0 Å². The molecule has 0 heterocycles. The van der Waals surface area contributed by atoms with E-state index in [0.29, 0.717) is 0 Å². The Labute approximate surface area is 90.0 Å². The van der Waals surface area contributed by atoms with Crippen molar-refractivity contribution in [3.05, 3.63) is 41.5 Å². The number of hydrogen-bond donors (Lipinski definition) is 1. The number of rotatable bonds is 2. The zero-order valence-corrected chi connectivity index (χ0v) is 8.38. The van der Waals surface area contributed by atoms with Crippen LogP contribution in [0.3, 0.4) is 0 Å². The van der Waals surface area contributed by atoms with E-state index in [1.165, 1.54) is 25.1 Å². The normalized spacial score (nSPS) is 12.6. The van der Waals surface area contributed by atoms with Crippen LogP contribution in [0.5, 0.6) is 0 Å². The lowest BCUT2D eigenvalue weighted by molar-refractivity contribution is -0.138. The first-order valence-corrected chi connectivity index (χ1v) is 4.40. The maximum absolute atomic E-state index is 12.6. The Hall–Kier alpha value is -1.78. The number of hydrogen-bond acceptors (Lipinski definition) is 1. The molecule has 0 unspecified atom stereocenters. The number of allylic oxidation sites excluding steroid dienone is 1. The Bertz CT molecular complexity index is 433. The van der Waals surface area contributed by atoms with Crippen molar-refractivity contribution >= 4 is 11.5 Å². The summed E-state index contributed by atoms with van der Waals surface area (Å²) >= 11 is 0. The van der Waals surface area contributed by atoms with Crippen LogP contribution in [0.4, 0.5) is 13.2 Å². The number of halogens is 3. The van der Waals surface area contributed by atoms with Crippen LogP contribution in [0.1, 0.15) is 18.1 Å². The molecule has 1 rings (SSSR count). The molecule has 0 saturated heterocycles. The molecule has 0 spiro atoms. The zero-order valence-electron chi connectivity index (χ0n) is 8.38. The highest BCUT2D eigenvalue weighted by Gasteiger charge is 2.33. The van der Waals surface area contributed by atoms with Crippen molar-refractivity contribution in [2.45, 2.75) is 13.1 Å². The third-order valence-corrected chi connectivity index (χ3v) is 2.00. The molecule has 1 aromatic rings. The van der Waals surface area contributed by atoms with E-state index >= 15 is 0 Å². The van der Waals surface area contributed by atoms with Crippen molar-refractivity contribution in [3.63, 3.8) is 0 Å². The summed E-state index contributed by atoms with van der Waals surface area (Å²) in [5.41, 5.74) is -0.872. The highest BCUT2D eigenvalue weighted by atomic mass is 19.4. The van der Waals surface area contributed by atoms with Gasteiger partial charge in [-0.25, -0.2) is 4.79 Å². The number of carboxylic acid groups (broad SMARTS) is 1. The average Bonchev–Trinajstić information content (AvgIpc) is 2.15. The Kier molecular flexibility index (Phi) is 3.37. The summed E-state index contributed by atoms with van der Waals surface area (Å²) in [7, 11) is 0. The van der Waals surface area contributed by atoms with Crippen molar-refractivity contribution in [1.82, 2.24) is 0 Å². The van der Waals surface area contributed by atoms with Gasteiger partial charge in [0.15, 0.2) is 0 Å². The summed E-state index contributed by atoms with van der Waals surface area (Å²) in [6.07, 6.45) is -3.73. The lowest BCUT2D eigenvalue weighted by Gasteiger charge is -2.12. The predicted molar refractivity (Wildman–Crippen MR) is 52.7 cm³/mol. The molecule has 0 atom stereocenters. The summed E-state index contributed by atoms with van der Waals surface area (Å²) in [6, 6.07) is 4.87. The fraction of sp³-hybridized carbons (Fsp3) is 0.182. The SMILES string of the molecule is C/C(=C/C(=O)O)c1ccccc1C(F)(F)F. The second kappa shape index (κ2) is 4.38. The van der Waals surface area contributed by atoms with E-state index in [4.69, 9.17) is 5.11 Å². The maximum atomic E-state index is 12.6. The third kappa shape index (κ3) is 2.85. The summed E-state index contributed by atoms with van der Waals surface area (Å²) in [5.74, 6) is -1.27. The van der Waals surface area contributed by atoms with E-state index in [-0.39, 0.29) is 11.1 Å². The molecule has 1 aromatic carbocycles. The standard InChI is InChI=1S/C11H9F3O2/c1-7(6-10(15)16)8-4-2-3-5-9(8)11(12,13)14/h2-6H,1H3,(H,15,16)/b7-6-. The summed E-state index contributed by atoms with van der Waals surface area (Å²) in [6.45, 7) is 1.33. The minimum absolute atomic E-state index is 0.0698. The molecule has 0 fully saturated rings. The van der Waals surface area contributed by atoms with Gasteiger partial charge in [-0.05, 0) is 24.1 Å². The minimum Gasteiger partial charge on any atom is -0.478 e. The highest BCUT2D eigenvalue weighted by Crippen LogP contribution is 2.34. The largest absolute Gasteiger partial charge is 0.478 e. The van der Waals surface area contributed by atoms with Crippen molar-refractivity contribution in [3.8, 4) is 0 Å². The second-order valence-corrected chi connectivity index (χ2v) is 3.21. The van der Waals surface area contributed by atoms with Crippen LogP contribution in [-0.4, -0.2) is 11.1 Å². The molecular formula is C11H9F3O2. The van der Waals surface area contributed by atoms with Gasteiger partial charge in [-0.2, -0.15) is 13.2 Å². The molecule has 0 amide bonds. The Morgan fingerprint density at radius 2 is 1.88 bits per heavy atom. The average molecular weight is 230 g/mol. The van der Waals surface area contributed by atoms with Gasteiger partial charge >= 0.3 is 12.1 Å². The smallest absolute Gasteiger partial charge is 0.416 e. The molecule has 0 bridgehead atoms. The first-order chi connectivity index (χ1) is 7.32. The zero-order chi connectivity index (χ0) is 12.3. The van der Waals surface area contributed by atoms with Crippen LogP contribution in [0.15, 0.2) is 30.3 Å². The Morgan fingerprint density at radius 1 is 1.31 bits per heavy atom. The topological polar surface area (TPSA) is 37.3 Å². The summed E-state index contributed by atoms with van der Waals surface area (Å²) in [4.78, 5) is 10.4. The monoisotopic (exact) mass is 230 g/mol. The number of carboxylic acids is 1. The van der Waals surface area contributed by atoms with Gasteiger partial charge in [-0.3, -0.25) is 0 Å². The van der Waals surface area contributed by atoms with Gasteiger partial charge in [-0.1, -0.05) is 18.2 Å². The first kappa shape index (κ1) is 12.3. The van der Waals surface area contributed by atoms with E-state index in [0.717, 1.165) is 12.1 Å². The van der Waals surface area contributed by atoms with Crippen LogP contribution in [-0.2, 0) is 11.0 Å². The van der Waals surface area contributed by atoms with Gasteiger partial charge in [0.2, 0.25) is 0 Å². The van der Waals surface area contributed by atoms with Gasteiger partial charge in [0.05, 0.1) is 5.56 Å². The van der Waals surface area contributed by atoms with Crippen LogP contribution < -0.4 is 0 Å². The lowest BCUT2D eigenvalue weighted by atomic mass is 10.0. The summed E-state index contributed by atoms with van der Waals surface area (Å²) in [5, 5.41) is 8.48. The molecule has 0 aliphatic heterocycles. The molecule has 1 N–H and O–H groups in total. The predicted octanol–water partition coefficient (Wildman–Crippen LogP) is 3.19. The molecule has 16 heavy (non-hydrogen) atoms. The van der Waals surface area contributed by atoms with E-state index in [2.05, 4.69) is 0 Å². The molecule has 0 radical (unpaired) electrons. The molecule has 2 nitrogen and oxygen atoms in total. The van der Waals surface area contributed by atoms with Crippen molar-refractivity contribution in [1.29, 1.82) is 0 Å². The highest BCUT2D eigenvalue weighted by molar-refractivity contribution is 5.90. The molecule has 0 saturated carbocycles. The minimum atomic E-state index is -4.48. The summed E-state index contributed by atoms with van der Waals surface area (Å²) < 4.78 is 37.7. The van der Waals surface area contributed by atoms with E-state index < -0.39 is 17.7 Å². The fourth-order valence-corrected chi connectivity index (χ4v) is 1.34. The van der Waals surface area contributed by atoms with Gasteiger partial charge in [-0.15, -0.1) is 0 Å². The number of carbonyl (C=O) groups is 1.